The topological polar surface area (TPSA) is 56.1 Å². The van der Waals surface area contributed by atoms with Gasteiger partial charge in [0.05, 0.1) is 12.6 Å². The Hall–Kier alpha value is -1.08. The lowest BCUT2D eigenvalue weighted by Crippen LogP contribution is -2.48. The maximum atomic E-state index is 11.8. The Morgan fingerprint density at radius 3 is 2.44 bits per heavy atom. The second-order valence-electron chi connectivity index (χ2n) is 4.93. The van der Waals surface area contributed by atoms with E-state index in [2.05, 4.69) is 16.3 Å². The molecule has 0 bridgehead atoms. The summed E-state index contributed by atoms with van der Waals surface area (Å²) in [4.78, 5) is 14.0. The predicted octanol–water partition coefficient (Wildman–Crippen LogP) is 1.03. The van der Waals surface area contributed by atoms with Crippen molar-refractivity contribution >= 4 is 5.91 Å². The van der Waals surface area contributed by atoms with E-state index in [-0.39, 0.29) is 5.91 Å². The third-order valence-corrected chi connectivity index (χ3v) is 3.62. The van der Waals surface area contributed by atoms with Crippen molar-refractivity contribution in [1.29, 1.82) is 5.26 Å². The number of hydrogen-bond donors (Lipinski definition) is 1. The van der Waals surface area contributed by atoms with E-state index in [4.69, 9.17) is 5.26 Å². The van der Waals surface area contributed by atoms with Crippen LogP contribution in [0.25, 0.3) is 0 Å². The molecule has 0 aromatic rings. The van der Waals surface area contributed by atoms with Crippen molar-refractivity contribution in [1.82, 2.24) is 10.2 Å². The normalized spacial score (nSPS) is 24.2. The van der Waals surface area contributed by atoms with Gasteiger partial charge >= 0.3 is 0 Å². The average molecular weight is 221 g/mol. The van der Waals surface area contributed by atoms with Crippen LogP contribution in [0.5, 0.6) is 0 Å². The lowest BCUT2D eigenvalue weighted by molar-refractivity contribution is -0.123. The maximum absolute atomic E-state index is 11.8. The Labute approximate surface area is 96.6 Å². The number of nitrogens with zero attached hydrogens (tertiary/aromatic N) is 2. The Bertz CT molecular complexity index is 296. The second kappa shape index (κ2) is 4.84. The Kier molecular flexibility index (Phi) is 3.45. The molecule has 1 aliphatic heterocycles. The number of likely N-dealkylation sites (tertiary alicyclic amines) is 1. The number of hydrogen-bond acceptors (Lipinski definition) is 3. The Morgan fingerprint density at radius 2 is 1.88 bits per heavy atom. The summed E-state index contributed by atoms with van der Waals surface area (Å²) in [7, 11) is 0. The van der Waals surface area contributed by atoms with Crippen molar-refractivity contribution in [2.24, 2.45) is 0 Å². The van der Waals surface area contributed by atoms with Gasteiger partial charge < -0.3 is 5.32 Å². The molecule has 2 rings (SSSR count). The molecule has 0 aromatic heterocycles. The molecular weight excluding hydrogens is 202 g/mol. The number of nitriles is 1. The molecule has 1 aliphatic carbocycles. The molecule has 0 unspecified atom stereocenters. The lowest BCUT2D eigenvalue weighted by atomic mass is 10.00. The molecule has 0 aromatic carbocycles. The van der Waals surface area contributed by atoms with E-state index < -0.39 is 5.54 Å². The van der Waals surface area contributed by atoms with E-state index in [9.17, 15) is 4.79 Å². The molecule has 16 heavy (non-hydrogen) atoms. The minimum atomic E-state index is -0.559. The number of nitrogens with one attached hydrogen (secondary N) is 1. The van der Waals surface area contributed by atoms with Crippen molar-refractivity contribution in [3.63, 3.8) is 0 Å². The SMILES string of the molecule is N#CC1(NC(=O)CN2CCCC2)CCCC1. The quantitative estimate of drug-likeness (QED) is 0.774. The van der Waals surface area contributed by atoms with Gasteiger partial charge in [-0.25, -0.2) is 0 Å². The average Bonchev–Trinajstić information content (AvgIpc) is 2.90. The van der Waals surface area contributed by atoms with Gasteiger partial charge in [0.25, 0.3) is 0 Å². The molecule has 4 heteroatoms. The van der Waals surface area contributed by atoms with Crippen LogP contribution in [-0.2, 0) is 4.79 Å². The van der Waals surface area contributed by atoms with Crippen LogP contribution in [0.2, 0.25) is 0 Å². The highest BCUT2D eigenvalue weighted by Crippen LogP contribution is 2.28. The highest BCUT2D eigenvalue weighted by atomic mass is 16.2. The van der Waals surface area contributed by atoms with Gasteiger partial charge in [0.15, 0.2) is 0 Å². The monoisotopic (exact) mass is 221 g/mol. The molecule has 1 saturated carbocycles. The third-order valence-electron chi connectivity index (χ3n) is 3.62. The molecule has 0 spiro atoms. The van der Waals surface area contributed by atoms with Gasteiger partial charge in [0, 0.05) is 0 Å². The Balaban J connectivity index is 1.83. The Morgan fingerprint density at radius 1 is 1.25 bits per heavy atom. The van der Waals surface area contributed by atoms with Crippen molar-refractivity contribution in [3.05, 3.63) is 0 Å². The van der Waals surface area contributed by atoms with Crippen LogP contribution in [-0.4, -0.2) is 36.0 Å². The van der Waals surface area contributed by atoms with Crippen molar-refractivity contribution < 1.29 is 4.79 Å². The van der Waals surface area contributed by atoms with Crippen molar-refractivity contribution in [3.8, 4) is 6.07 Å². The van der Waals surface area contributed by atoms with E-state index in [0.29, 0.717) is 6.54 Å². The van der Waals surface area contributed by atoms with E-state index in [1.807, 2.05) is 0 Å². The zero-order valence-corrected chi connectivity index (χ0v) is 9.67. The molecule has 2 fully saturated rings. The largest absolute Gasteiger partial charge is 0.337 e. The second-order valence-corrected chi connectivity index (χ2v) is 4.93. The first kappa shape index (κ1) is 11.4. The fourth-order valence-corrected chi connectivity index (χ4v) is 2.69. The summed E-state index contributed by atoms with van der Waals surface area (Å²) in [6.45, 7) is 2.50. The molecule has 1 saturated heterocycles. The first-order valence-corrected chi connectivity index (χ1v) is 6.19. The van der Waals surface area contributed by atoms with Gasteiger partial charge in [-0.15, -0.1) is 0 Å². The zero-order valence-electron chi connectivity index (χ0n) is 9.67. The number of amides is 1. The van der Waals surface area contributed by atoms with Gasteiger partial charge in [0.1, 0.15) is 5.54 Å². The standard InChI is InChI=1S/C12H19N3O/c13-10-12(5-1-2-6-12)14-11(16)9-15-7-3-4-8-15/h1-9H2,(H,14,16). The van der Waals surface area contributed by atoms with Gasteiger partial charge in [-0.2, -0.15) is 5.26 Å². The molecule has 4 nitrogen and oxygen atoms in total. The van der Waals surface area contributed by atoms with Crippen LogP contribution in [0.1, 0.15) is 38.5 Å². The van der Waals surface area contributed by atoms with Gasteiger partial charge in [-0.3, -0.25) is 9.69 Å². The summed E-state index contributed by atoms with van der Waals surface area (Å²) in [5, 5.41) is 12.1. The van der Waals surface area contributed by atoms with Crippen molar-refractivity contribution in [2.75, 3.05) is 19.6 Å². The number of carbonyl (C=O) groups is 1. The summed E-state index contributed by atoms with van der Waals surface area (Å²) in [6, 6.07) is 2.28. The predicted molar refractivity (Wildman–Crippen MR) is 60.6 cm³/mol. The van der Waals surface area contributed by atoms with E-state index >= 15 is 0 Å². The summed E-state index contributed by atoms with van der Waals surface area (Å²) < 4.78 is 0. The summed E-state index contributed by atoms with van der Waals surface area (Å²) in [5.41, 5.74) is -0.559. The van der Waals surface area contributed by atoms with Crippen LogP contribution in [0, 0.1) is 11.3 Å². The number of carbonyl (C=O) groups excluding carboxylic acids is 1. The molecule has 2 aliphatic rings. The van der Waals surface area contributed by atoms with Crippen LogP contribution in [0.15, 0.2) is 0 Å². The lowest BCUT2D eigenvalue weighted by Gasteiger charge is -2.23. The van der Waals surface area contributed by atoms with Crippen LogP contribution < -0.4 is 5.32 Å². The van der Waals surface area contributed by atoms with E-state index in [0.717, 1.165) is 38.8 Å². The van der Waals surface area contributed by atoms with Gasteiger partial charge in [-0.05, 0) is 51.6 Å². The molecule has 0 radical (unpaired) electrons. The van der Waals surface area contributed by atoms with Crippen LogP contribution in [0.3, 0.4) is 0 Å². The highest BCUT2D eigenvalue weighted by molar-refractivity contribution is 5.79. The fourth-order valence-electron chi connectivity index (χ4n) is 2.69. The summed E-state index contributed by atoms with van der Waals surface area (Å²) in [5.74, 6) is 0.0188. The van der Waals surface area contributed by atoms with Gasteiger partial charge in [0.2, 0.25) is 5.91 Å². The van der Waals surface area contributed by atoms with Crippen molar-refractivity contribution in [2.45, 2.75) is 44.1 Å². The molecular formula is C12H19N3O. The fraction of sp³-hybridized carbons (Fsp3) is 0.833. The molecule has 1 heterocycles. The van der Waals surface area contributed by atoms with Crippen LogP contribution in [0.4, 0.5) is 0 Å². The molecule has 0 atom stereocenters. The summed E-state index contributed by atoms with van der Waals surface area (Å²) >= 11 is 0. The maximum Gasteiger partial charge on any atom is 0.235 e. The molecule has 1 amide bonds. The summed E-state index contributed by atoms with van der Waals surface area (Å²) in [6.07, 6.45) is 6.12. The first-order valence-electron chi connectivity index (χ1n) is 6.19. The van der Waals surface area contributed by atoms with E-state index in [1.165, 1.54) is 12.8 Å². The minimum absolute atomic E-state index is 0.0188. The zero-order chi connectivity index (χ0) is 11.4. The third kappa shape index (κ3) is 2.53. The van der Waals surface area contributed by atoms with Crippen LogP contribution >= 0.6 is 0 Å². The molecule has 88 valence electrons. The van der Waals surface area contributed by atoms with Gasteiger partial charge in [-0.1, -0.05) is 0 Å². The smallest absolute Gasteiger partial charge is 0.235 e. The highest BCUT2D eigenvalue weighted by Gasteiger charge is 2.35. The minimum Gasteiger partial charge on any atom is -0.337 e. The van der Waals surface area contributed by atoms with E-state index in [1.54, 1.807) is 0 Å². The first-order chi connectivity index (χ1) is 7.74. The number of rotatable bonds is 3. The molecule has 1 N–H and O–H groups in total.